The number of hydrogen-bond acceptors (Lipinski definition) is 3. The van der Waals surface area contributed by atoms with Crippen LogP contribution in [-0.4, -0.2) is 17.1 Å². The second kappa shape index (κ2) is 8.81. The number of aromatic hydroxyl groups is 1. The summed E-state index contributed by atoms with van der Waals surface area (Å²) in [6.07, 6.45) is 6.08. The zero-order valence-corrected chi connectivity index (χ0v) is 18.9. The number of anilines is 1. The van der Waals surface area contributed by atoms with Gasteiger partial charge in [0.25, 0.3) is 5.91 Å². The first-order chi connectivity index (χ1) is 16.0. The molecule has 1 unspecified atom stereocenters. The van der Waals surface area contributed by atoms with Crippen molar-refractivity contribution in [3.05, 3.63) is 118 Å². The van der Waals surface area contributed by atoms with Crippen LogP contribution in [0.2, 0.25) is 10.0 Å². The van der Waals surface area contributed by atoms with E-state index >= 15 is 0 Å². The maximum atomic E-state index is 13.4. The smallest absolute Gasteiger partial charge is 0.262 e. The Morgan fingerprint density at radius 1 is 0.939 bits per heavy atom. The van der Waals surface area contributed by atoms with E-state index in [4.69, 9.17) is 27.9 Å². The third-order valence-electron chi connectivity index (χ3n) is 5.54. The molecule has 0 bridgehead atoms. The van der Waals surface area contributed by atoms with Gasteiger partial charge in [0.2, 0.25) is 0 Å². The quantitative estimate of drug-likeness (QED) is 0.420. The van der Waals surface area contributed by atoms with Gasteiger partial charge in [0.1, 0.15) is 17.6 Å². The number of benzene rings is 3. The number of carbonyl (C=O) groups is 1. The van der Waals surface area contributed by atoms with E-state index in [2.05, 4.69) is 0 Å². The molecular formula is C27H19Cl2NO3. The molecule has 5 rings (SSSR count). The number of phenols is 1. The Bertz CT molecular complexity index is 1310. The molecule has 3 aromatic rings. The van der Waals surface area contributed by atoms with E-state index < -0.39 is 0 Å². The number of amides is 1. The van der Waals surface area contributed by atoms with E-state index in [9.17, 15) is 9.90 Å². The Morgan fingerprint density at radius 2 is 1.70 bits per heavy atom. The lowest BCUT2D eigenvalue weighted by Crippen LogP contribution is -2.25. The fourth-order valence-corrected chi connectivity index (χ4v) is 4.23. The molecule has 2 aliphatic rings. The summed E-state index contributed by atoms with van der Waals surface area (Å²) in [6, 6.07) is 21.7. The second-order valence-electron chi connectivity index (χ2n) is 7.76. The summed E-state index contributed by atoms with van der Waals surface area (Å²) in [5.74, 6) is 0.710. The van der Waals surface area contributed by atoms with Crippen LogP contribution in [0.5, 0.6) is 5.75 Å². The van der Waals surface area contributed by atoms with Crippen LogP contribution in [-0.2, 0) is 9.53 Å². The van der Waals surface area contributed by atoms with Gasteiger partial charge in [-0.25, -0.2) is 0 Å². The van der Waals surface area contributed by atoms with Crippen LogP contribution in [0.15, 0.2) is 96.6 Å². The van der Waals surface area contributed by atoms with Crippen molar-refractivity contribution in [2.75, 3.05) is 4.90 Å². The number of rotatable bonds is 4. The van der Waals surface area contributed by atoms with Gasteiger partial charge in [-0.2, -0.15) is 0 Å². The second-order valence-corrected chi connectivity index (χ2v) is 8.58. The van der Waals surface area contributed by atoms with E-state index in [-0.39, 0.29) is 17.8 Å². The zero-order chi connectivity index (χ0) is 22.9. The number of phenolic OH excluding ortho intramolecular Hbond substituents is 1. The van der Waals surface area contributed by atoms with Crippen molar-refractivity contribution >= 4 is 46.3 Å². The lowest BCUT2D eigenvalue weighted by Gasteiger charge is -2.21. The van der Waals surface area contributed by atoms with Gasteiger partial charge < -0.3 is 9.84 Å². The summed E-state index contributed by atoms with van der Waals surface area (Å²) in [5, 5.41) is 10.6. The fraction of sp³-hybridized carbons (Fsp3) is 0.0741. The summed E-state index contributed by atoms with van der Waals surface area (Å²) in [5.41, 5.74) is 3.76. The highest BCUT2D eigenvalue weighted by Crippen LogP contribution is 2.37. The fourth-order valence-electron chi connectivity index (χ4n) is 3.93. The maximum absolute atomic E-state index is 13.4. The van der Waals surface area contributed by atoms with Crippen LogP contribution in [0.3, 0.4) is 0 Å². The Labute approximate surface area is 201 Å². The van der Waals surface area contributed by atoms with Crippen molar-refractivity contribution in [1.29, 1.82) is 0 Å². The number of nitrogens with zero attached hydrogens (tertiary/aromatic N) is 1. The minimum absolute atomic E-state index is 0.145. The third-order valence-corrected chi connectivity index (χ3v) is 6.28. The molecule has 0 spiro atoms. The van der Waals surface area contributed by atoms with Crippen molar-refractivity contribution < 1.29 is 14.6 Å². The number of hydrogen-bond donors (Lipinski definition) is 1. The van der Waals surface area contributed by atoms with Crippen LogP contribution in [0.1, 0.15) is 17.5 Å². The first kappa shape index (κ1) is 21.4. The maximum Gasteiger partial charge on any atom is 0.262 e. The van der Waals surface area contributed by atoms with Crippen molar-refractivity contribution in [3.63, 3.8) is 0 Å². The molecule has 4 nitrogen and oxygen atoms in total. The lowest BCUT2D eigenvalue weighted by atomic mass is 10.1. The van der Waals surface area contributed by atoms with Crippen molar-refractivity contribution in [3.8, 4) is 5.75 Å². The first-order valence-electron chi connectivity index (χ1n) is 10.4. The highest BCUT2D eigenvalue weighted by Gasteiger charge is 2.31. The highest BCUT2D eigenvalue weighted by molar-refractivity contribution is 6.42. The van der Waals surface area contributed by atoms with Gasteiger partial charge in [0, 0.05) is 23.2 Å². The minimum Gasteiger partial charge on any atom is -0.508 e. The summed E-state index contributed by atoms with van der Waals surface area (Å²) >= 11 is 12.2. The van der Waals surface area contributed by atoms with Crippen molar-refractivity contribution in [1.82, 2.24) is 0 Å². The van der Waals surface area contributed by atoms with E-state index in [0.29, 0.717) is 33.5 Å². The zero-order valence-electron chi connectivity index (χ0n) is 17.4. The molecule has 2 heterocycles. The Hall–Kier alpha value is -3.47. The summed E-state index contributed by atoms with van der Waals surface area (Å²) in [6.45, 7) is 0. The Balaban J connectivity index is 1.44. The van der Waals surface area contributed by atoms with Gasteiger partial charge in [0.05, 0.1) is 15.7 Å². The van der Waals surface area contributed by atoms with Gasteiger partial charge >= 0.3 is 0 Å². The van der Waals surface area contributed by atoms with E-state index in [0.717, 1.165) is 16.8 Å². The third kappa shape index (κ3) is 4.28. The molecule has 0 fully saturated rings. The van der Waals surface area contributed by atoms with E-state index in [1.165, 1.54) is 0 Å². The molecule has 1 atom stereocenters. The molecule has 0 aromatic heterocycles. The van der Waals surface area contributed by atoms with Crippen molar-refractivity contribution in [2.45, 2.75) is 12.5 Å². The lowest BCUT2D eigenvalue weighted by molar-refractivity contribution is -0.113. The number of carbonyl (C=O) groups excluding carboxylic acids is 1. The van der Waals surface area contributed by atoms with Gasteiger partial charge in [-0.05, 0) is 66.3 Å². The molecule has 6 heteroatoms. The molecule has 0 saturated heterocycles. The molecule has 3 aromatic carbocycles. The molecule has 1 amide bonds. The van der Waals surface area contributed by atoms with Crippen LogP contribution in [0, 0.1) is 0 Å². The summed E-state index contributed by atoms with van der Waals surface area (Å²) in [4.78, 5) is 15.1. The SMILES string of the molecule is O=C1/C(=C/C2CC=C(c3ccc(Cl)c(Cl)c3)O2)C=C(c2ccccc2)N1c1ccc(O)cc1. The van der Waals surface area contributed by atoms with Crippen LogP contribution in [0.4, 0.5) is 5.69 Å². The van der Waals surface area contributed by atoms with Crippen LogP contribution < -0.4 is 4.90 Å². The number of halogens is 2. The molecule has 1 N–H and O–H groups in total. The average molecular weight is 476 g/mol. The first-order valence-corrected chi connectivity index (χ1v) is 11.2. The molecule has 0 radical (unpaired) electrons. The largest absolute Gasteiger partial charge is 0.508 e. The molecule has 164 valence electrons. The minimum atomic E-state index is -0.276. The van der Waals surface area contributed by atoms with Crippen LogP contribution in [0.25, 0.3) is 11.5 Å². The molecule has 0 aliphatic carbocycles. The van der Waals surface area contributed by atoms with Gasteiger partial charge in [-0.1, -0.05) is 53.5 Å². The van der Waals surface area contributed by atoms with Gasteiger partial charge in [0.15, 0.2) is 0 Å². The topological polar surface area (TPSA) is 49.8 Å². The molecule has 2 aliphatic heterocycles. The average Bonchev–Trinajstić information content (AvgIpc) is 3.42. The summed E-state index contributed by atoms with van der Waals surface area (Å²) < 4.78 is 6.10. The molecule has 0 saturated carbocycles. The van der Waals surface area contributed by atoms with Crippen LogP contribution >= 0.6 is 23.2 Å². The normalized spacial score (nSPS) is 19.0. The Morgan fingerprint density at radius 3 is 2.42 bits per heavy atom. The number of ether oxygens (including phenoxy) is 1. The van der Waals surface area contributed by atoms with Crippen molar-refractivity contribution in [2.24, 2.45) is 0 Å². The molecule has 33 heavy (non-hydrogen) atoms. The predicted molar refractivity (Wildman–Crippen MR) is 132 cm³/mol. The standard InChI is InChI=1S/C27H19Cl2NO3/c28-23-12-6-18(15-24(23)29)26-13-11-22(33-26)14-19-16-25(17-4-2-1-3-5-17)30(27(19)32)20-7-9-21(31)10-8-20/h1-10,12-16,22,31H,11H2/b19-14+. The van der Waals surface area contributed by atoms with Gasteiger partial charge in [-0.3, -0.25) is 9.69 Å². The molecular weight excluding hydrogens is 457 g/mol. The Kier molecular flexibility index (Phi) is 5.71. The highest BCUT2D eigenvalue weighted by atomic mass is 35.5. The van der Waals surface area contributed by atoms with E-state index in [1.54, 1.807) is 41.3 Å². The van der Waals surface area contributed by atoms with Gasteiger partial charge in [-0.15, -0.1) is 0 Å². The predicted octanol–water partition coefficient (Wildman–Crippen LogP) is 6.84. The monoisotopic (exact) mass is 475 g/mol. The van der Waals surface area contributed by atoms with E-state index in [1.807, 2.05) is 54.6 Å². The summed E-state index contributed by atoms with van der Waals surface area (Å²) in [7, 11) is 0.